The first kappa shape index (κ1) is 43.1. The Kier molecular flexibility index (Phi) is 17.5. The number of non-ortho nitro benzene ring substituents is 2. The molecule has 264 valence electrons. The van der Waals surface area contributed by atoms with E-state index in [2.05, 4.69) is 47.0 Å². The highest BCUT2D eigenvalue weighted by molar-refractivity contribution is 6.61. The summed E-state index contributed by atoms with van der Waals surface area (Å²) >= 11 is 4.92. The van der Waals surface area contributed by atoms with Crippen LogP contribution in [0.15, 0.2) is 48.5 Å². The standard InChI is InChI=1S/C16H25N2O5.C9H22NO.C7H4ClNO4/c1-16(2,11-6-12-18(3,4)5)23-15(19)22-14-9-7-13(8-10-14)17(20)21;1-9(2,11)7-6-8-10(3,4)5;8-7(10)13-6-3-1-5(2-4-6)9(11)12/h7-10H,6,11-12H2,1-5H3;11H,6-8H2,1-5H3;1-4H/q2*+1;. The van der Waals surface area contributed by atoms with Crippen LogP contribution in [0.25, 0.3) is 0 Å². The summed E-state index contributed by atoms with van der Waals surface area (Å²) in [6.07, 6.45) is 2.81. The summed E-state index contributed by atoms with van der Waals surface area (Å²) in [6, 6.07) is 10.3. The molecule has 0 spiro atoms. The van der Waals surface area contributed by atoms with E-state index in [-0.39, 0.29) is 22.9 Å². The lowest BCUT2D eigenvalue weighted by Crippen LogP contribution is -2.37. The van der Waals surface area contributed by atoms with E-state index in [1.807, 2.05) is 27.7 Å². The van der Waals surface area contributed by atoms with Crippen molar-refractivity contribution in [2.45, 2.75) is 64.6 Å². The first-order chi connectivity index (χ1) is 21.3. The van der Waals surface area contributed by atoms with Crippen LogP contribution in [0.1, 0.15) is 53.4 Å². The van der Waals surface area contributed by atoms with Gasteiger partial charge in [-0.25, -0.2) is 9.59 Å². The number of carbonyl (C=O) groups excluding carboxylic acids is 2. The molecule has 0 unspecified atom stereocenters. The molecule has 0 heterocycles. The maximum atomic E-state index is 11.8. The lowest BCUT2D eigenvalue weighted by atomic mass is 10.0. The first-order valence-electron chi connectivity index (χ1n) is 14.9. The van der Waals surface area contributed by atoms with Gasteiger partial charge < -0.3 is 28.3 Å². The highest BCUT2D eigenvalue weighted by Gasteiger charge is 2.25. The molecule has 0 amide bonds. The van der Waals surface area contributed by atoms with E-state index in [0.717, 1.165) is 47.7 Å². The normalized spacial score (nSPS) is 11.6. The fourth-order valence-electron chi connectivity index (χ4n) is 3.72. The molecule has 0 bridgehead atoms. The van der Waals surface area contributed by atoms with Gasteiger partial charge in [-0.1, -0.05) is 0 Å². The van der Waals surface area contributed by atoms with E-state index in [4.69, 9.17) is 21.1 Å². The van der Waals surface area contributed by atoms with Gasteiger partial charge in [0, 0.05) is 42.3 Å². The number of nitrogens with zero attached hydrogens (tertiary/aromatic N) is 4. The van der Waals surface area contributed by atoms with E-state index >= 15 is 0 Å². The smallest absolute Gasteiger partial charge is 0.428 e. The second kappa shape index (κ2) is 19.1. The third kappa shape index (κ3) is 24.1. The zero-order valence-corrected chi connectivity index (χ0v) is 29.9. The second-order valence-corrected chi connectivity index (χ2v) is 14.4. The Morgan fingerprint density at radius 2 is 1.09 bits per heavy atom. The third-order valence-electron chi connectivity index (χ3n) is 6.08. The minimum atomic E-state index is -0.978. The van der Waals surface area contributed by atoms with Crippen LogP contribution >= 0.6 is 11.6 Å². The van der Waals surface area contributed by atoms with E-state index in [1.54, 1.807) is 0 Å². The fraction of sp³-hybridized carbons (Fsp3) is 0.562. The maximum absolute atomic E-state index is 11.8. The Balaban J connectivity index is 0.000000744. The van der Waals surface area contributed by atoms with Crippen molar-refractivity contribution in [1.82, 2.24) is 0 Å². The molecule has 2 aromatic rings. The molecule has 0 fully saturated rings. The molecule has 2 aromatic carbocycles. The number of aliphatic hydroxyl groups is 1. The van der Waals surface area contributed by atoms with Gasteiger partial charge in [0.05, 0.1) is 70.8 Å². The number of nitro groups is 2. The summed E-state index contributed by atoms with van der Waals surface area (Å²) in [4.78, 5) is 41.8. The Hall–Kier alpha value is -3.85. The van der Waals surface area contributed by atoms with Gasteiger partial charge in [0.25, 0.3) is 11.4 Å². The van der Waals surface area contributed by atoms with E-state index < -0.39 is 32.6 Å². The predicted octanol–water partition coefficient (Wildman–Crippen LogP) is 6.95. The topological polar surface area (TPSA) is 168 Å². The molecule has 14 nitrogen and oxygen atoms in total. The maximum Gasteiger partial charge on any atom is 0.514 e. The monoisotopic (exact) mass is 686 g/mol. The zero-order valence-electron chi connectivity index (χ0n) is 29.1. The molecule has 0 saturated carbocycles. The number of hydrogen-bond acceptors (Lipinski definition) is 10. The molecule has 15 heteroatoms. The predicted molar refractivity (Wildman–Crippen MR) is 180 cm³/mol. The van der Waals surface area contributed by atoms with Crippen LogP contribution in [0, 0.1) is 20.2 Å². The molecule has 0 saturated heterocycles. The largest absolute Gasteiger partial charge is 0.514 e. The summed E-state index contributed by atoms with van der Waals surface area (Å²) in [7, 11) is 12.8. The second-order valence-electron chi connectivity index (χ2n) is 14.1. The molecule has 1 N–H and O–H groups in total. The van der Waals surface area contributed by atoms with Crippen molar-refractivity contribution in [3.8, 4) is 11.5 Å². The molecule has 0 atom stereocenters. The van der Waals surface area contributed by atoms with Crippen LogP contribution in [0.2, 0.25) is 0 Å². The molecule has 0 radical (unpaired) electrons. The van der Waals surface area contributed by atoms with Crippen LogP contribution in [-0.2, 0) is 4.74 Å². The number of rotatable bonds is 13. The summed E-state index contributed by atoms with van der Waals surface area (Å²) in [5.74, 6) is 0.383. The first-order valence-corrected chi connectivity index (χ1v) is 15.3. The molecular weight excluding hydrogens is 636 g/mol. The molecule has 0 aromatic heterocycles. The van der Waals surface area contributed by atoms with Crippen LogP contribution in [0.3, 0.4) is 0 Å². The number of halogens is 1. The van der Waals surface area contributed by atoms with Gasteiger partial charge >= 0.3 is 11.6 Å². The van der Waals surface area contributed by atoms with E-state index in [1.165, 1.54) is 48.5 Å². The Morgan fingerprint density at radius 3 is 1.40 bits per heavy atom. The molecular formula is C32H51ClN4O10+2. The van der Waals surface area contributed by atoms with Crippen molar-refractivity contribution < 1.29 is 47.7 Å². The molecule has 47 heavy (non-hydrogen) atoms. The van der Waals surface area contributed by atoms with Crippen LogP contribution in [-0.4, -0.2) is 102 Å². The van der Waals surface area contributed by atoms with Crippen LogP contribution in [0.4, 0.5) is 21.0 Å². The average molecular weight is 687 g/mol. The number of hydrogen-bond donors (Lipinski definition) is 1. The minimum absolute atomic E-state index is 0.0636. The number of ether oxygens (including phenoxy) is 3. The number of carbonyl (C=O) groups is 2. The fourth-order valence-corrected chi connectivity index (χ4v) is 3.81. The van der Waals surface area contributed by atoms with Crippen molar-refractivity contribution in [1.29, 1.82) is 0 Å². The summed E-state index contributed by atoms with van der Waals surface area (Å²) in [6.45, 7) is 9.50. The van der Waals surface area contributed by atoms with E-state index in [0.29, 0.717) is 0 Å². The van der Waals surface area contributed by atoms with Crippen molar-refractivity contribution in [3.63, 3.8) is 0 Å². The molecule has 0 aliphatic heterocycles. The number of quaternary nitrogens is 2. The molecule has 0 aliphatic carbocycles. The van der Waals surface area contributed by atoms with Gasteiger partial charge in [-0.15, -0.1) is 0 Å². The number of nitro benzene ring substituents is 2. The van der Waals surface area contributed by atoms with Crippen molar-refractivity contribution in [2.24, 2.45) is 0 Å². The summed E-state index contributed by atoms with van der Waals surface area (Å²) in [5, 5.41) is 30.2. The van der Waals surface area contributed by atoms with Gasteiger partial charge in [-0.05, 0) is 71.2 Å². The van der Waals surface area contributed by atoms with Gasteiger partial charge in [0.1, 0.15) is 17.1 Å². The third-order valence-corrected chi connectivity index (χ3v) is 6.16. The van der Waals surface area contributed by atoms with Crippen LogP contribution < -0.4 is 9.47 Å². The zero-order chi connectivity index (χ0) is 36.6. The van der Waals surface area contributed by atoms with Gasteiger partial charge in [0.2, 0.25) is 0 Å². The Bertz CT molecular complexity index is 1270. The Morgan fingerprint density at radius 1 is 0.723 bits per heavy atom. The SMILES string of the molecule is CC(C)(CCC[N+](C)(C)C)OC(=O)Oc1ccc([N+](=O)[O-])cc1.CC(C)(O)CCC[N+](C)(C)C.O=C(Cl)Oc1ccc([N+](=O)[O-])cc1. The summed E-state index contributed by atoms with van der Waals surface area (Å²) in [5.41, 5.74) is -2.24. The number of benzene rings is 2. The van der Waals surface area contributed by atoms with Crippen LogP contribution in [0.5, 0.6) is 11.5 Å². The minimum Gasteiger partial charge on any atom is -0.428 e. The average Bonchev–Trinajstić information content (AvgIpc) is 2.87. The Labute approximate surface area is 282 Å². The van der Waals surface area contributed by atoms with E-state index in [9.17, 15) is 34.9 Å². The summed E-state index contributed by atoms with van der Waals surface area (Å²) < 4.78 is 16.7. The van der Waals surface area contributed by atoms with Crippen molar-refractivity contribution >= 4 is 34.6 Å². The highest BCUT2D eigenvalue weighted by Crippen LogP contribution is 2.22. The van der Waals surface area contributed by atoms with Gasteiger partial charge in [-0.3, -0.25) is 20.2 Å². The molecule has 2 rings (SSSR count). The van der Waals surface area contributed by atoms with Crippen molar-refractivity contribution in [3.05, 3.63) is 68.8 Å². The van der Waals surface area contributed by atoms with Gasteiger partial charge in [0.15, 0.2) is 0 Å². The van der Waals surface area contributed by atoms with Crippen molar-refractivity contribution in [2.75, 3.05) is 55.4 Å². The lowest BCUT2D eigenvalue weighted by molar-refractivity contribution is -0.870. The molecule has 0 aliphatic rings. The van der Waals surface area contributed by atoms with Gasteiger partial charge in [-0.2, -0.15) is 0 Å². The lowest BCUT2D eigenvalue weighted by Gasteiger charge is -2.28. The quantitative estimate of drug-likeness (QED) is 0.0581. The highest BCUT2D eigenvalue weighted by atomic mass is 35.5.